The second kappa shape index (κ2) is 6.24. The molecular weight excluding hydrogens is 246 g/mol. The van der Waals surface area contributed by atoms with Crippen molar-refractivity contribution in [3.05, 3.63) is 60.7 Å². The molecule has 1 N–H and O–H groups in total. The van der Waals surface area contributed by atoms with Crippen molar-refractivity contribution in [3.8, 4) is 0 Å². The van der Waals surface area contributed by atoms with Crippen LogP contribution in [-0.4, -0.2) is 23.9 Å². The third-order valence-corrected chi connectivity index (χ3v) is 3.43. The highest BCUT2D eigenvalue weighted by Gasteiger charge is 2.16. The average molecular weight is 265 g/mol. The molecule has 1 aliphatic heterocycles. The first-order valence-electron chi connectivity index (χ1n) is 7.12. The lowest BCUT2D eigenvalue weighted by Crippen LogP contribution is -2.33. The number of guanidine groups is 1. The number of para-hydroxylation sites is 2. The van der Waals surface area contributed by atoms with Crippen LogP contribution in [0.5, 0.6) is 0 Å². The molecule has 0 amide bonds. The minimum atomic E-state index is 0.944. The van der Waals surface area contributed by atoms with Gasteiger partial charge < -0.3 is 10.2 Å². The lowest BCUT2D eigenvalue weighted by Gasteiger charge is -2.21. The van der Waals surface area contributed by atoms with Crippen LogP contribution in [0.15, 0.2) is 65.7 Å². The van der Waals surface area contributed by atoms with E-state index in [9.17, 15) is 0 Å². The van der Waals surface area contributed by atoms with Crippen molar-refractivity contribution in [1.29, 1.82) is 0 Å². The first kappa shape index (κ1) is 12.7. The van der Waals surface area contributed by atoms with Gasteiger partial charge in [0.2, 0.25) is 5.96 Å². The zero-order chi connectivity index (χ0) is 13.6. The highest BCUT2D eigenvalue weighted by molar-refractivity contribution is 5.95. The van der Waals surface area contributed by atoms with Gasteiger partial charge in [-0.05, 0) is 37.1 Å². The summed E-state index contributed by atoms with van der Waals surface area (Å²) >= 11 is 0. The number of nitrogens with one attached hydrogen (secondary N) is 1. The Bertz CT molecular complexity index is 557. The van der Waals surface area contributed by atoms with Crippen LogP contribution in [0.2, 0.25) is 0 Å². The second-order valence-electron chi connectivity index (χ2n) is 4.96. The molecule has 0 saturated carbocycles. The van der Waals surface area contributed by atoms with Crippen LogP contribution in [0.25, 0.3) is 0 Å². The van der Waals surface area contributed by atoms with E-state index < -0.39 is 0 Å². The van der Waals surface area contributed by atoms with E-state index in [2.05, 4.69) is 22.3 Å². The van der Waals surface area contributed by atoms with Crippen molar-refractivity contribution in [1.82, 2.24) is 4.90 Å². The molecule has 0 radical (unpaired) electrons. The molecule has 20 heavy (non-hydrogen) atoms. The van der Waals surface area contributed by atoms with E-state index in [1.807, 2.05) is 48.5 Å². The Morgan fingerprint density at radius 1 is 0.850 bits per heavy atom. The van der Waals surface area contributed by atoms with Crippen molar-refractivity contribution < 1.29 is 0 Å². The van der Waals surface area contributed by atoms with Crippen LogP contribution in [0.1, 0.15) is 12.8 Å². The molecular formula is C17H19N3. The van der Waals surface area contributed by atoms with Crippen molar-refractivity contribution in [2.75, 3.05) is 18.4 Å². The average Bonchev–Trinajstić information content (AvgIpc) is 3.03. The molecule has 2 aromatic rings. The molecule has 0 aliphatic carbocycles. The summed E-state index contributed by atoms with van der Waals surface area (Å²) in [6, 6.07) is 20.3. The topological polar surface area (TPSA) is 27.6 Å². The summed E-state index contributed by atoms with van der Waals surface area (Å²) in [5, 5.41) is 3.45. The quantitative estimate of drug-likeness (QED) is 0.659. The van der Waals surface area contributed by atoms with Gasteiger partial charge in [-0.3, -0.25) is 0 Å². The summed E-state index contributed by atoms with van der Waals surface area (Å²) in [5.74, 6) is 0.944. The summed E-state index contributed by atoms with van der Waals surface area (Å²) in [6.07, 6.45) is 2.48. The third-order valence-electron chi connectivity index (χ3n) is 3.43. The Hall–Kier alpha value is -2.29. The van der Waals surface area contributed by atoms with Crippen LogP contribution in [0.4, 0.5) is 11.4 Å². The number of benzene rings is 2. The molecule has 3 rings (SSSR count). The van der Waals surface area contributed by atoms with Gasteiger partial charge in [0.15, 0.2) is 0 Å². The zero-order valence-electron chi connectivity index (χ0n) is 11.5. The van der Waals surface area contributed by atoms with E-state index >= 15 is 0 Å². The number of hydrogen-bond donors (Lipinski definition) is 1. The Morgan fingerprint density at radius 2 is 1.45 bits per heavy atom. The van der Waals surface area contributed by atoms with Crippen LogP contribution in [0, 0.1) is 0 Å². The zero-order valence-corrected chi connectivity index (χ0v) is 11.5. The SMILES string of the molecule is c1ccc(N=C(Nc2ccccc2)N2CCCC2)cc1. The number of anilines is 1. The van der Waals surface area contributed by atoms with Gasteiger partial charge in [0.25, 0.3) is 0 Å². The van der Waals surface area contributed by atoms with Gasteiger partial charge in [-0.15, -0.1) is 0 Å². The molecule has 3 heteroatoms. The molecule has 0 atom stereocenters. The minimum Gasteiger partial charge on any atom is -0.342 e. The standard InChI is InChI=1S/C17H19N3/c1-3-9-15(10-4-1)18-17(20-13-7-8-14-20)19-16-11-5-2-6-12-16/h1-6,9-12H,7-8,13-14H2,(H,18,19). The largest absolute Gasteiger partial charge is 0.342 e. The van der Waals surface area contributed by atoms with Gasteiger partial charge >= 0.3 is 0 Å². The molecule has 1 aliphatic rings. The maximum Gasteiger partial charge on any atom is 0.203 e. The number of rotatable bonds is 2. The monoisotopic (exact) mass is 265 g/mol. The van der Waals surface area contributed by atoms with E-state index in [1.54, 1.807) is 0 Å². The maximum absolute atomic E-state index is 4.77. The lowest BCUT2D eigenvalue weighted by atomic mass is 10.3. The predicted molar refractivity (Wildman–Crippen MR) is 84.4 cm³/mol. The van der Waals surface area contributed by atoms with E-state index in [0.717, 1.165) is 30.4 Å². The van der Waals surface area contributed by atoms with Crippen LogP contribution < -0.4 is 5.32 Å². The van der Waals surface area contributed by atoms with Crippen LogP contribution in [-0.2, 0) is 0 Å². The highest BCUT2D eigenvalue weighted by atomic mass is 15.3. The van der Waals surface area contributed by atoms with E-state index in [4.69, 9.17) is 4.99 Å². The molecule has 1 fully saturated rings. The molecule has 3 nitrogen and oxygen atoms in total. The van der Waals surface area contributed by atoms with E-state index in [1.165, 1.54) is 12.8 Å². The fourth-order valence-electron chi connectivity index (χ4n) is 2.38. The molecule has 1 heterocycles. The van der Waals surface area contributed by atoms with Crippen LogP contribution >= 0.6 is 0 Å². The van der Waals surface area contributed by atoms with Crippen molar-refractivity contribution in [3.63, 3.8) is 0 Å². The first-order chi connectivity index (χ1) is 9.92. The molecule has 2 aromatic carbocycles. The second-order valence-corrected chi connectivity index (χ2v) is 4.96. The van der Waals surface area contributed by atoms with Gasteiger partial charge in [0, 0.05) is 18.8 Å². The predicted octanol–water partition coefficient (Wildman–Crippen LogP) is 3.88. The summed E-state index contributed by atoms with van der Waals surface area (Å²) in [6.45, 7) is 2.15. The first-order valence-corrected chi connectivity index (χ1v) is 7.12. The number of nitrogens with zero attached hydrogens (tertiary/aromatic N) is 2. The van der Waals surface area contributed by atoms with Gasteiger partial charge in [-0.25, -0.2) is 4.99 Å². The Labute approximate surface area is 120 Å². The third kappa shape index (κ3) is 3.18. The fourth-order valence-corrected chi connectivity index (χ4v) is 2.38. The van der Waals surface area contributed by atoms with Gasteiger partial charge in [-0.2, -0.15) is 0 Å². The molecule has 1 saturated heterocycles. The minimum absolute atomic E-state index is 0.944. The summed E-state index contributed by atoms with van der Waals surface area (Å²) in [7, 11) is 0. The van der Waals surface area contributed by atoms with Gasteiger partial charge in [0.05, 0.1) is 5.69 Å². The molecule has 0 spiro atoms. The maximum atomic E-state index is 4.77. The highest BCUT2D eigenvalue weighted by Crippen LogP contribution is 2.16. The Balaban J connectivity index is 1.86. The van der Waals surface area contributed by atoms with Crippen molar-refractivity contribution in [2.45, 2.75) is 12.8 Å². The van der Waals surface area contributed by atoms with Crippen LogP contribution in [0.3, 0.4) is 0 Å². The Kier molecular flexibility index (Phi) is 3.97. The smallest absolute Gasteiger partial charge is 0.203 e. The molecule has 0 bridgehead atoms. The van der Waals surface area contributed by atoms with Gasteiger partial charge in [-0.1, -0.05) is 36.4 Å². The molecule has 102 valence electrons. The van der Waals surface area contributed by atoms with Gasteiger partial charge in [0.1, 0.15) is 0 Å². The van der Waals surface area contributed by atoms with Crippen molar-refractivity contribution >= 4 is 17.3 Å². The number of hydrogen-bond acceptors (Lipinski definition) is 1. The normalized spacial score (nSPS) is 15.4. The molecule has 0 unspecified atom stereocenters. The summed E-state index contributed by atoms with van der Waals surface area (Å²) in [4.78, 5) is 7.09. The fraction of sp³-hybridized carbons (Fsp3) is 0.235. The van der Waals surface area contributed by atoms with E-state index in [-0.39, 0.29) is 0 Å². The van der Waals surface area contributed by atoms with E-state index in [0.29, 0.717) is 0 Å². The number of aliphatic imine (C=N–C) groups is 1. The summed E-state index contributed by atoms with van der Waals surface area (Å²) in [5.41, 5.74) is 2.06. The molecule has 0 aromatic heterocycles. The summed E-state index contributed by atoms with van der Waals surface area (Å²) < 4.78 is 0. The van der Waals surface area contributed by atoms with Crippen molar-refractivity contribution in [2.24, 2.45) is 4.99 Å². The Morgan fingerprint density at radius 3 is 2.10 bits per heavy atom. The number of likely N-dealkylation sites (tertiary alicyclic amines) is 1. The lowest BCUT2D eigenvalue weighted by molar-refractivity contribution is 0.518.